The number of nitro groups is 2. The third-order valence-corrected chi connectivity index (χ3v) is 17.9. The van der Waals surface area contributed by atoms with Gasteiger partial charge >= 0.3 is 5.97 Å². The number of hydrogen-bond acceptors (Lipinski definition) is 23. The second kappa shape index (κ2) is 57.3. The molecule has 7 aromatic rings. The van der Waals surface area contributed by atoms with E-state index in [1.165, 1.54) is 38.3 Å². The van der Waals surface area contributed by atoms with Crippen LogP contribution in [0.5, 0.6) is 0 Å². The summed E-state index contributed by atoms with van der Waals surface area (Å²) in [5.41, 5.74) is 23.4. The van der Waals surface area contributed by atoms with Crippen molar-refractivity contribution in [2.75, 3.05) is 162 Å². The number of halogens is 4. The average Bonchev–Trinajstić information content (AvgIpc) is 1.68. The molecular formula is C84H122ClI3N16O15. The Morgan fingerprint density at radius 2 is 0.866 bits per heavy atom. The number of carboxylic acids is 1. The summed E-state index contributed by atoms with van der Waals surface area (Å²) in [6.07, 6.45) is 1.85. The number of rotatable bonds is 17. The molecule has 0 saturated carbocycles. The minimum Gasteiger partial charge on any atom is -0.481 e. The van der Waals surface area contributed by atoms with Crippen molar-refractivity contribution in [1.82, 2.24) is 44.5 Å². The molecule has 5 aliphatic rings. The number of aliphatic carboxylic acids is 1. The Balaban J connectivity index is 0.000000480. The maximum Gasteiger partial charge on any atom is 0.307 e. The molecule has 0 atom stereocenters. The maximum absolute atomic E-state index is 12.4. The number of non-ortho nitro benzene ring substituents is 2. The molecule has 9 N–H and O–H groups in total. The number of hydrogen-bond donors (Lipinski definition) is 6. The number of nitrogen functional groups attached to an aromatic ring is 3. The monoisotopic (exact) mass is 2010 g/mol. The van der Waals surface area contributed by atoms with Crippen molar-refractivity contribution < 1.29 is 62.6 Å². The number of nitrogens with two attached hydrogens (primary N) is 3. The molecule has 3 amide bonds. The Morgan fingerprint density at radius 3 is 1.18 bits per heavy atom. The number of alkyl halides is 3. The SMILES string of the molecule is C.C1COCCN1.CC(C)(C)C(=O)CC#N.CC(C)(C)c1cc(N)n(-c2cccc(CC(=O)N3CCOCC3)c2)n1.CC(C)(C)c1cc(N)n(-c2cccc(CCN3CCOCC3)c2)n1.CI.Cl.ICI.NNc1cccc(CC(=O)N2CCOCC2)c1.O=C(Cc1cccc([N+](=O)[O-])c1)N1CCOCC1.O=C(O)Cc1cccc([N+](=O)[O-])c1. The summed E-state index contributed by atoms with van der Waals surface area (Å²) in [6.45, 7) is 34.4. The van der Waals surface area contributed by atoms with Crippen LogP contribution in [0, 0.1) is 37.0 Å². The lowest BCUT2D eigenvalue weighted by Crippen LogP contribution is -2.41. The van der Waals surface area contributed by atoms with Gasteiger partial charge in [-0.1, -0.05) is 198 Å². The van der Waals surface area contributed by atoms with Gasteiger partial charge in [-0.3, -0.25) is 54.9 Å². The molecule has 5 fully saturated rings. The van der Waals surface area contributed by atoms with Crippen LogP contribution in [0.25, 0.3) is 11.4 Å². The number of morpholine rings is 5. The Morgan fingerprint density at radius 1 is 0.529 bits per heavy atom. The summed E-state index contributed by atoms with van der Waals surface area (Å²) in [4.78, 5) is 87.3. The Labute approximate surface area is 747 Å². The molecule has 5 saturated heterocycles. The first kappa shape index (κ1) is 107. The van der Waals surface area contributed by atoms with E-state index in [1.54, 1.807) is 27.8 Å². The number of aromatic nitrogens is 4. The topological polar surface area (TPSA) is 413 Å². The summed E-state index contributed by atoms with van der Waals surface area (Å²) >= 11 is 6.70. The summed E-state index contributed by atoms with van der Waals surface area (Å²) < 4.78 is 30.9. The van der Waals surface area contributed by atoms with Gasteiger partial charge in [0, 0.05) is 130 Å². The lowest BCUT2D eigenvalue weighted by Gasteiger charge is -2.26. The number of carboxylic acid groups (broad SMARTS) is 1. The van der Waals surface area contributed by atoms with Crippen LogP contribution in [-0.2, 0) is 90.6 Å². The van der Waals surface area contributed by atoms with Gasteiger partial charge in [0.15, 0.2) is 5.78 Å². The molecule has 119 heavy (non-hydrogen) atoms. The van der Waals surface area contributed by atoms with Gasteiger partial charge in [-0.25, -0.2) is 9.36 Å². The Hall–Kier alpha value is -8.08. The average molecular weight is 2010 g/mol. The highest BCUT2D eigenvalue weighted by molar-refractivity contribution is 14.2. The molecule has 0 bridgehead atoms. The fraction of sp³-hybridized carbons (Fsp3) is 0.500. The molecule has 0 unspecified atom stereocenters. The van der Waals surface area contributed by atoms with E-state index < -0.39 is 15.8 Å². The van der Waals surface area contributed by atoms with Gasteiger partial charge in [0.25, 0.3) is 11.4 Å². The maximum atomic E-state index is 12.4. The van der Waals surface area contributed by atoms with Gasteiger partial charge in [0.1, 0.15) is 11.6 Å². The first-order valence-corrected chi connectivity index (χ1v) is 43.6. The molecule has 35 heteroatoms. The van der Waals surface area contributed by atoms with Crippen LogP contribution in [0.3, 0.4) is 0 Å². The molecule has 12 rings (SSSR count). The highest BCUT2D eigenvalue weighted by Gasteiger charge is 2.25. The first-order valence-electron chi connectivity index (χ1n) is 38.4. The minimum atomic E-state index is -1.000. The van der Waals surface area contributed by atoms with E-state index in [0.29, 0.717) is 115 Å². The molecule has 7 heterocycles. The van der Waals surface area contributed by atoms with Gasteiger partial charge in [-0.15, -0.1) is 12.4 Å². The lowest BCUT2D eigenvalue weighted by atomic mass is 9.89. The second-order valence-electron chi connectivity index (χ2n) is 30.0. The Kier molecular flexibility index (Phi) is 51.5. The molecule has 5 aliphatic heterocycles. The smallest absolute Gasteiger partial charge is 0.307 e. The molecule has 0 aliphatic carbocycles. The zero-order chi connectivity index (χ0) is 86.5. The number of nitro benzene ring substituents is 2. The quantitative estimate of drug-likeness (QED) is 0.0162. The lowest BCUT2D eigenvalue weighted by molar-refractivity contribution is -0.385. The molecule has 2 aromatic heterocycles. The van der Waals surface area contributed by atoms with E-state index in [2.05, 4.69) is 154 Å². The molecule has 0 spiro atoms. The molecule has 656 valence electrons. The van der Waals surface area contributed by atoms with Crippen molar-refractivity contribution in [2.24, 2.45) is 11.3 Å². The van der Waals surface area contributed by atoms with Gasteiger partial charge in [-0.05, 0) is 75.6 Å². The zero-order valence-electron chi connectivity index (χ0n) is 69.4. The minimum absolute atomic E-state index is 0. The number of benzene rings is 5. The van der Waals surface area contributed by atoms with E-state index in [1.807, 2.05) is 107 Å². The van der Waals surface area contributed by atoms with Crippen molar-refractivity contribution in [3.05, 3.63) is 193 Å². The number of carbonyl (C=O) groups excluding carboxylic acids is 4. The van der Waals surface area contributed by atoms with Crippen molar-refractivity contribution in [3.63, 3.8) is 0 Å². The van der Waals surface area contributed by atoms with Crippen LogP contribution < -0.4 is 28.1 Å². The second-order valence-corrected chi connectivity index (χ2v) is 34.5. The largest absolute Gasteiger partial charge is 0.481 e. The van der Waals surface area contributed by atoms with Crippen molar-refractivity contribution >= 4 is 138 Å². The highest BCUT2D eigenvalue weighted by Crippen LogP contribution is 2.28. The van der Waals surface area contributed by atoms with Crippen molar-refractivity contribution in [1.29, 1.82) is 5.26 Å². The number of nitriles is 1. The summed E-state index contributed by atoms with van der Waals surface area (Å²) in [7, 11) is 0. The predicted molar refractivity (Wildman–Crippen MR) is 495 cm³/mol. The van der Waals surface area contributed by atoms with Crippen LogP contribution in [0.15, 0.2) is 133 Å². The van der Waals surface area contributed by atoms with Crippen LogP contribution in [0.4, 0.5) is 28.7 Å². The van der Waals surface area contributed by atoms with Crippen molar-refractivity contribution in [2.45, 2.75) is 119 Å². The number of hydrazine groups is 1. The highest BCUT2D eigenvalue weighted by atomic mass is 127. The molecule has 0 radical (unpaired) electrons. The van der Waals surface area contributed by atoms with Gasteiger partial charge in [0.2, 0.25) is 17.7 Å². The number of ether oxygens (including phenoxy) is 5. The van der Waals surface area contributed by atoms with E-state index >= 15 is 0 Å². The summed E-state index contributed by atoms with van der Waals surface area (Å²) in [5.74, 6) is 5.87. The molecule has 5 aromatic carbocycles. The predicted octanol–water partition coefficient (Wildman–Crippen LogP) is 12.4. The fourth-order valence-electron chi connectivity index (χ4n) is 11.3. The van der Waals surface area contributed by atoms with Crippen LogP contribution >= 0.6 is 80.2 Å². The van der Waals surface area contributed by atoms with E-state index in [9.17, 15) is 44.2 Å². The molecule has 31 nitrogen and oxygen atoms in total. The normalized spacial score (nSPS) is 14.4. The van der Waals surface area contributed by atoms with Gasteiger partial charge < -0.3 is 65.7 Å². The van der Waals surface area contributed by atoms with Gasteiger partial charge in [0.05, 0.1) is 139 Å². The third-order valence-electron chi connectivity index (χ3n) is 17.9. The van der Waals surface area contributed by atoms with Crippen LogP contribution in [0.2, 0.25) is 0 Å². The summed E-state index contributed by atoms with van der Waals surface area (Å²) in [5, 5.41) is 50.0. The van der Waals surface area contributed by atoms with Gasteiger partial charge in [-0.2, -0.15) is 15.5 Å². The number of Topliss-reactive ketones (excluding diaryl/α,β-unsaturated/α-hetero) is 1. The summed E-state index contributed by atoms with van der Waals surface area (Å²) in [6, 6.07) is 41.4. The number of anilines is 3. The number of nitrogens with one attached hydrogen (secondary N) is 2. The van der Waals surface area contributed by atoms with E-state index in [4.69, 9.17) is 56.5 Å². The third kappa shape index (κ3) is 41.4. The number of carbonyl (C=O) groups is 5. The van der Waals surface area contributed by atoms with Crippen LogP contribution in [-0.4, -0.2) is 229 Å². The fourth-order valence-corrected chi connectivity index (χ4v) is 11.3. The standard InChI is InChI=1S/C19H26N4O2.C19H28N4O.C12H17N3O2.C12H14N2O4.C8H7NO4.C7H11NO.C4H9NO.CH2I2.CH3I.CH4.ClH/c1-19(2,3)16-13-17(20)23(21-16)15-6-4-5-14(11-15)12-18(24)22-7-9-25-10-8-22;1-19(2,3)17-14-18(20)23(21-17)16-6-4-5-15(13-16)7-8-22-9-11-24-12-10-22;13-14-11-3-1-2-10(8-11)9-12(16)15-4-6-17-7-5-15;15-12(13-4-6-18-7-5-13)9-10-2-1-3-11(8-10)14(16)17;10-8(11)5-6-2-1-3-7(4-6)9(12)13;1-7(2,3)6(9)4-5-8;1-3-6-4-2-5-1;2-1-3;1-2;;/h4-6,11,13H,7-10,12,20H2,1-3H3;4-6,13-14H,7-12,20H2,1-3H3;1-3,8,14H,4-7,9,13H2;1-3,8H,4-7,9H2;1-4H,5H2,(H,10,11);4H2,1-3H3;5H,1-4H2;1H2;1H3;1H4;1H. The van der Waals surface area contributed by atoms with E-state index in [-0.39, 0.29) is 90.2 Å². The Bertz CT molecular complexity index is 4220. The zero-order valence-corrected chi connectivity index (χ0v) is 76.6. The number of amides is 3. The first-order chi connectivity index (χ1) is 55.7. The van der Waals surface area contributed by atoms with Crippen LogP contribution in [0.1, 0.15) is 115 Å². The molecular weight excluding hydrogens is 1890 g/mol. The van der Waals surface area contributed by atoms with E-state index in [0.717, 1.165) is 105 Å². The number of nitrogens with zero attached hydrogens (tertiary/aromatic N) is 11. The van der Waals surface area contributed by atoms with Crippen molar-refractivity contribution in [3.8, 4) is 17.4 Å². The number of ketones is 1.